The van der Waals surface area contributed by atoms with Gasteiger partial charge in [-0.1, -0.05) is 35.2 Å². The van der Waals surface area contributed by atoms with Crippen molar-refractivity contribution >= 4 is 17.4 Å². The van der Waals surface area contributed by atoms with E-state index >= 15 is 0 Å². The molecule has 0 radical (unpaired) electrons. The van der Waals surface area contributed by atoms with E-state index in [9.17, 15) is 9.90 Å². The van der Waals surface area contributed by atoms with E-state index in [1.54, 1.807) is 25.1 Å². The number of hydrogen-bond donors (Lipinski definition) is 3. The molecule has 0 spiro atoms. The molecule has 162 valence electrons. The molecule has 1 aliphatic rings. The van der Waals surface area contributed by atoms with E-state index in [0.717, 1.165) is 13.1 Å². The normalized spacial score (nSPS) is 15.2. The fraction of sp³-hybridized carbons (Fsp3) is 0.333. The number of nitrogens with two attached hydrogens (primary N) is 1. The van der Waals surface area contributed by atoms with Crippen LogP contribution in [0.25, 0.3) is 5.82 Å². The number of para-hydroxylation sites is 1. The van der Waals surface area contributed by atoms with Crippen LogP contribution in [0.1, 0.15) is 28.7 Å². The smallest absolute Gasteiger partial charge is 0.294 e. The molecule has 2 aromatic heterocycles. The minimum Gasteiger partial charge on any atom is -0.872 e. The molecule has 0 aliphatic carbocycles. The van der Waals surface area contributed by atoms with Gasteiger partial charge in [-0.2, -0.15) is 9.78 Å². The maximum absolute atomic E-state index is 12.9. The molecule has 1 aliphatic heterocycles. The van der Waals surface area contributed by atoms with Crippen molar-refractivity contribution in [2.75, 3.05) is 32.0 Å². The molecule has 1 aromatic carbocycles. The lowest BCUT2D eigenvalue weighted by Crippen LogP contribution is -3.12. The summed E-state index contributed by atoms with van der Waals surface area (Å²) in [7, 11) is 0. The number of morpholine rings is 1. The molecule has 13 nitrogen and oxygen atoms in total. The fourth-order valence-corrected chi connectivity index (χ4v) is 3.23. The van der Waals surface area contributed by atoms with Crippen LogP contribution in [0.5, 0.6) is 5.75 Å². The third kappa shape index (κ3) is 4.36. The van der Waals surface area contributed by atoms with Crippen molar-refractivity contribution in [2.45, 2.75) is 13.5 Å². The van der Waals surface area contributed by atoms with Gasteiger partial charge in [0.2, 0.25) is 11.6 Å². The van der Waals surface area contributed by atoms with Crippen LogP contribution >= 0.6 is 0 Å². The molecule has 0 atom stereocenters. The molecule has 0 bridgehead atoms. The maximum Gasteiger partial charge on any atom is 0.294 e. The Morgan fingerprint density at radius 2 is 2.10 bits per heavy atom. The molecular weight excluding hydrogens is 406 g/mol. The standard InChI is InChI=1S/C18H21N9O4/c1-11(12-4-2-3-5-14(12)28)20-22-18(29)15-13(10-26-6-8-30-9-7-26)27(25-21-15)17-16(19)23-31-24-17/h2-5,28H,6-10H2,1H3,(H2,19,23)(H,22,29)/b20-11-. The summed E-state index contributed by atoms with van der Waals surface area (Å²) < 4.78 is 11.4. The van der Waals surface area contributed by atoms with Gasteiger partial charge < -0.3 is 20.5 Å². The van der Waals surface area contributed by atoms with Gasteiger partial charge in [-0.3, -0.25) is 4.79 Å². The van der Waals surface area contributed by atoms with E-state index in [1.165, 1.54) is 15.6 Å². The Kier molecular flexibility index (Phi) is 5.86. The number of amides is 1. The van der Waals surface area contributed by atoms with Crippen LogP contribution in [-0.2, 0) is 11.3 Å². The zero-order valence-corrected chi connectivity index (χ0v) is 16.7. The van der Waals surface area contributed by atoms with Gasteiger partial charge in [0.1, 0.15) is 25.3 Å². The molecule has 31 heavy (non-hydrogen) atoms. The number of nitrogens with one attached hydrogen (secondary N) is 2. The lowest BCUT2D eigenvalue weighted by molar-refractivity contribution is -0.921. The molecule has 3 aromatic rings. The predicted octanol–water partition coefficient (Wildman–Crippen LogP) is -2.12. The number of nitrogens with zero attached hydrogens (tertiary/aromatic N) is 6. The average molecular weight is 427 g/mol. The highest BCUT2D eigenvalue weighted by molar-refractivity contribution is 6.02. The van der Waals surface area contributed by atoms with Gasteiger partial charge in [-0.15, -0.1) is 5.10 Å². The molecular formula is C18H21N9O4. The van der Waals surface area contributed by atoms with Crippen LogP contribution < -0.4 is 21.2 Å². The summed E-state index contributed by atoms with van der Waals surface area (Å²) in [5, 5.41) is 31.4. The number of ether oxygens (including phenoxy) is 1. The largest absolute Gasteiger partial charge is 0.872 e. The Balaban J connectivity index is 1.61. The molecule has 13 heteroatoms. The highest BCUT2D eigenvalue weighted by Gasteiger charge is 2.28. The topological polar surface area (TPSA) is 174 Å². The fourth-order valence-electron chi connectivity index (χ4n) is 3.23. The van der Waals surface area contributed by atoms with Crippen molar-refractivity contribution in [3.8, 4) is 11.6 Å². The molecule has 1 amide bonds. The van der Waals surface area contributed by atoms with Crippen LogP contribution in [0.4, 0.5) is 5.82 Å². The van der Waals surface area contributed by atoms with Gasteiger partial charge in [0.25, 0.3) is 5.91 Å². The van der Waals surface area contributed by atoms with Crippen LogP contribution in [0.3, 0.4) is 0 Å². The van der Waals surface area contributed by atoms with Crippen LogP contribution in [-0.4, -0.2) is 63.2 Å². The first-order valence-electron chi connectivity index (χ1n) is 9.60. The molecule has 1 saturated heterocycles. The summed E-state index contributed by atoms with van der Waals surface area (Å²) in [5.74, 6) is -0.591. The highest BCUT2D eigenvalue weighted by Crippen LogP contribution is 2.16. The predicted molar refractivity (Wildman–Crippen MR) is 104 cm³/mol. The highest BCUT2D eigenvalue weighted by atomic mass is 16.6. The lowest BCUT2D eigenvalue weighted by Gasteiger charge is -2.23. The first-order valence-corrected chi connectivity index (χ1v) is 9.60. The number of nitrogen functional groups attached to an aromatic ring is 1. The summed E-state index contributed by atoms with van der Waals surface area (Å²) in [4.78, 5) is 14.0. The van der Waals surface area contributed by atoms with Gasteiger partial charge in [-0.05, 0) is 22.8 Å². The molecule has 4 N–H and O–H groups in total. The number of anilines is 1. The van der Waals surface area contributed by atoms with E-state index in [4.69, 9.17) is 10.5 Å². The van der Waals surface area contributed by atoms with Crippen molar-refractivity contribution in [1.82, 2.24) is 30.7 Å². The lowest BCUT2D eigenvalue weighted by atomic mass is 10.1. The van der Waals surface area contributed by atoms with Gasteiger partial charge in [0, 0.05) is 0 Å². The van der Waals surface area contributed by atoms with Gasteiger partial charge in [-0.25, -0.2) is 10.1 Å². The van der Waals surface area contributed by atoms with E-state index in [0.29, 0.717) is 36.7 Å². The summed E-state index contributed by atoms with van der Waals surface area (Å²) in [6.45, 7) is 4.81. The minimum atomic E-state index is -0.577. The van der Waals surface area contributed by atoms with Crippen molar-refractivity contribution in [3.63, 3.8) is 0 Å². The first kappa shape index (κ1) is 20.4. The minimum absolute atomic E-state index is 0.0241. The second-order valence-electron chi connectivity index (χ2n) is 6.94. The van der Waals surface area contributed by atoms with Crippen LogP contribution in [0.2, 0.25) is 0 Å². The number of aromatic nitrogens is 5. The van der Waals surface area contributed by atoms with Gasteiger partial charge >= 0.3 is 0 Å². The Hall–Kier alpha value is -3.84. The zero-order chi connectivity index (χ0) is 21.8. The Labute approximate surface area is 176 Å². The molecule has 3 heterocycles. The number of hydrazone groups is 1. The average Bonchev–Trinajstić information content (AvgIpc) is 3.38. The summed E-state index contributed by atoms with van der Waals surface area (Å²) in [6, 6.07) is 6.43. The molecule has 0 unspecified atom stereocenters. The maximum atomic E-state index is 12.9. The number of rotatable bonds is 6. The molecule has 1 fully saturated rings. The number of hydrogen-bond acceptors (Lipinski definition) is 10. The van der Waals surface area contributed by atoms with Crippen molar-refractivity contribution in [1.29, 1.82) is 0 Å². The second-order valence-corrected chi connectivity index (χ2v) is 6.94. The van der Waals surface area contributed by atoms with E-state index in [2.05, 4.69) is 35.8 Å². The SMILES string of the molecule is C/C(=N/NC(=O)c1nnn(-c2nonc2N)c1C[NH+]1CCOCC1)c1ccccc1[O-]. The van der Waals surface area contributed by atoms with Gasteiger partial charge in [0.15, 0.2) is 5.69 Å². The number of benzene rings is 1. The molecule has 4 rings (SSSR count). The van der Waals surface area contributed by atoms with Gasteiger partial charge in [0.05, 0.1) is 18.9 Å². The number of carbonyl (C=O) groups is 1. The van der Waals surface area contributed by atoms with Crippen LogP contribution in [0, 0.1) is 0 Å². The Morgan fingerprint density at radius 3 is 2.81 bits per heavy atom. The molecule has 0 saturated carbocycles. The Morgan fingerprint density at radius 1 is 1.32 bits per heavy atom. The number of quaternary nitrogens is 1. The van der Waals surface area contributed by atoms with Crippen molar-refractivity contribution in [3.05, 3.63) is 41.2 Å². The quantitative estimate of drug-likeness (QED) is 0.293. The third-order valence-corrected chi connectivity index (χ3v) is 4.89. The zero-order valence-electron chi connectivity index (χ0n) is 16.7. The number of carbonyl (C=O) groups excluding carboxylic acids is 1. The van der Waals surface area contributed by atoms with E-state index in [-0.39, 0.29) is 23.1 Å². The summed E-state index contributed by atoms with van der Waals surface area (Å²) in [6.07, 6.45) is 0. The van der Waals surface area contributed by atoms with E-state index < -0.39 is 5.91 Å². The Bertz CT molecular complexity index is 1100. The monoisotopic (exact) mass is 427 g/mol. The first-order chi connectivity index (χ1) is 15.0. The van der Waals surface area contributed by atoms with Crippen LogP contribution in [0.15, 0.2) is 34.0 Å². The van der Waals surface area contributed by atoms with Crippen molar-refractivity contribution in [2.24, 2.45) is 5.10 Å². The summed E-state index contributed by atoms with van der Waals surface area (Å²) in [5.41, 5.74) is 9.56. The second kappa shape index (κ2) is 8.89. The van der Waals surface area contributed by atoms with Crippen molar-refractivity contribution < 1.29 is 24.2 Å². The van der Waals surface area contributed by atoms with E-state index in [1.807, 2.05) is 0 Å². The third-order valence-electron chi connectivity index (χ3n) is 4.89. The summed E-state index contributed by atoms with van der Waals surface area (Å²) >= 11 is 0.